The van der Waals surface area contributed by atoms with Crippen LogP contribution in [0.5, 0.6) is 0 Å². The highest BCUT2D eigenvalue weighted by atomic mass is 79.9. The smallest absolute Gasteiger partial charge is 0.144 e. The third-order valence-corrected chi connectivity index (χ3v) is 2.61. The molecule has 1 unspecified atom stereocenters. The summed E-state index contributed by atoms with van der Waals surface area (Å²) in [7, 11) is 0. The SMILES string of the molecule is C=CCC(C=[N+](CC(C)C)CC(C)C)CC.[Br-]. The lowest BCUT2D eigenvalue weighted by molar-refractivity contribution is -0.537. The fraction of sp³-hybridized carbons (Fsp3) is 0.800. The van der Waals surface area contributed by atoms with Crippen molar-refractivity contribution in [3.8, 4) is 0 Å². The fourth-order valence-electron chi connectivity index (χ4n) is 1.98. The molecular weight excluding hydrogens is 274 g/mol. The second kappa shape index (κ2) is 11.0. The van der Waals surface area contributed by atoms with Crippen LogP contribution in [0.3, 0.4) is 0 Å². The molecule has 0 heterocycles. The van der Waals surface area contributed by atoms with E-state index >= 15 is 0 Å². The van der Waals surface area contributed by atoms with E-state index in [0.29, 0.717) is 5.92 Å². The van der Waals surface area contributed by atoms with E-state index in [1.165, 1.54) is 19.5 Å². The van der Waals surface area contributed by atoms with Gasteiger partial charge < -0.3 is 17.0 Å². The second-order valence-corrected chi connectivity index (χ2v) is 5.58. The van der Waals surface area contributed by atoms with Crippen molar-refractivity contribution >= 4 is 6.21 Å². The van der Waals surface area contributed by atoms with Gasteiger partial charge in [0, 0.05) is 17.8 Å². The summed E-state index contributed by atoms with van der Waals surface area (Å²) in [4.78, 5) is 0. The fourth-order valence-corrected chi connectivity index (χ4v) is 1.98. The highest BCUT2D eigenvalue weighted by Gasteiger charge is 2.13. The Morgan fingerprint density at radius 2 is 1.53 bits per heavy atom. The molecule has 0 aliphatic heterocycles. The third kappa shape index (κ3) is 10.7. The summed E-state index contributed by atoms with van der Waals surface area (Å²) in [5, 5.41) is 0. The van der Waals surface area contributed by atoms with Crippen LogP contribution in [0, 0.1) is 17.8 Å². The molecule has 0 aliphatic carbocycles. The first-order chi connectivity index (χ1) is 7.49. The summed E-state index contributed by atoms with van der Waals surface area (Å²) in [5.41, 5.74) is 0. The number of halogens is 1. The molecular formula is C15H30BrN. The van der Waals surface area contributed by atoms with Gasteiger partial charge in [0.05, 0.1) is 0 Å². The predicted molar refractivity (Wildman–Crippen MR) is 74.3 cm³/mol. The molecule has 1 nitrogen and oxygen atoms in total. The molecule has 1 atom stereocenters. The van der Waals surface area contributed by atoms with Crippen molar-refractivity contribution in [1.29, 1.82) is 0 Å². The van der Waals surface area contributed by atoms with Crippen molar-refractivity contribution in [2.45, 2.75) is 47.5 Å². The van der Waals surface area contributed by atoms with Gasteiger partial charge in [-0.15, -0.1) is 6.58 Å². The van der Waals surface area contributed by atoms with Crippen LogP contribution in [-0.2, 0) is 0 Å². The molecule has 0 fully saturated rings. The molecule has 0 radical (unpaired) electrons. The molecule has 0 amide bonds. The number of allylic oxidation sites excluding steroid dienone is 1. The Morgan fingerprint density at radius 1 is 1.06 bits per heavy atom. The second-order valence-electron chi connectivity index (χ2n) is 5.58. The molecule has 0 rings (SSSR count). The Hall–Kier alpha value is -0.110. The molecule has 0 aromatic rings. The highest BCUT2D eigenvalue weighted by molar-refractivity contribution is 5.55. The first-order valence-electron chi connectivity index (χ1n) is 6.69. The maximum Gasteiger partial charge on any atom is 0.144 e. The van der Waals surface area contributed by atoms with Crippen molar-refractivity contribution < 1.29 is 21.6 Å². The zero-order chi connectivity index (χ0) is 12.6. The van der Waals surface area contributed by atoms with Crippen molar-refractivity contribution in [2.75, 3.05) is 13.1 Å². The molecule has 17 heavy (non-hydrogen) atoms. The van der Waals surface area contributed by atoms with E-state index < -0.39 is 0 Å². The maximum atomic E-state index is 3.84. The van der Waals surface area contributed by atoms with Crippen LogP contribution < -0.4 is 17.0 Å². The van der Waals surface area contributed by atoms with Crippen LogP contribution in [0.1, 0.15) is 47.5 Å². The summed E-state index contributed by atoms with van der Waals surface area (Å²) < 4.78 is 2.51. The van der Waals surface area contributed by atoms with Crippen LogP contribution in [0.15, 0.2) is 12.7 Å². The lowest BCUT2D eigenvalue weighted by Crippen LogP contribution is -3.00. The number of rotatable bonds is 8. The minimum absolute atomic E-state index is 0. The Balaban J connectivity index is 0. The minimum atomic E-state index is 0. The van der Waals surface area contributed by atoms with Gasteiger partial charge >= 0.3 is 0 Å². The standard InChI is InChI=1S/C15H30N.BrH/c1-7-9-15(8-2)12-16(10-13(3)4)11-14(5)6;/h7,12-15H,1,8-11H2,2-6H3;1H/q+1;/p-1. The first kappa shape index (κ1) is 19.2. The summed E-state index contributed by atoms with van der Waals surface area (Å²) >= 11 is 0. The predicted octanol–water partition coefficient (Wildman–Crippen LogP) is 0.988. The van der Waals surface area contributed by atoms with E-state index in [2.05, 4.69) is 52.0 Å². The van der Waals surface area contributed by atoms with Gasteiger partial charge in [0.25, 0.3) is 0 Å². The zero-order valence-corrected chi connectivity index (χ0v) is 13.8. The Morgan fingerprint density at radius 3 is 1.82 bits per heavy atom. The van der Waals surface area contributed by atoms with Crippen LogP contribution in [0.2, 0.25) is 0 Å². The number of nitrogens with zero attached hydrogens (tertiary/aromatic N) is 1. The maximum absolute atomic E-state index is 3.84. The summed E-state index contributed by atoms with van der Waals surface area (Å²) in [6.45, 7) is 17.6. The van der Waals surface area contributed by atoms with E-state index in [4.69, 9.17) is 0 Å². The van der Waals surface area contributed by atoms with Crippen LogP contribution in [0.25, 0.3) is 0 Å². The summed E-state index contributed by atoms with van der Waals surface area (Å²) in [6.07, 6.45) is 6.77. The lowest BCUT2D eigenvalue weighted by atomic mass is 10.0. The van der Waals surface area contributed by atoms with Crippen molar-refractivity contribution in [2.24, 2.45) is 17.8 Å². The van der Waals surface area contributed by atoms with E-state index in [1.54, 1.807) is 0 Å². The van der Waals surface area contributed by atoms with Crippen LogP contribution in [-0.4, -0.2) is 23.9 Å². The molecule has 0 N–H and O–H groups in total. The molecule has 0 aromatic carbocycles. The number of hydrogen-bond donors (Lipinski definition) is 0. The summed E-state index contributed by atoms with van der Waals surface area (Å²) in [6, 6.07) is 0. The largest absolute Gasteiger partial charge is 1.00 e. The van der Waals surface area contributed by atoms with Gasteiger partial charge in [-0.25, -0.2) is 4.58 Å². The Kier molecular flexibility index (Phi) is 12.5. The monoisotopic (exact) mass is 303 g/mol. The Bertz CT molecular complexity index is 207. The molecule has 2 heteroatoms. The van der Waals surface area contributed by atoms with Gasteiger partial charge in [-0.3, -0.25) is 0 Å². The van der Waals surface area contributed by atoms with Crippen LogP contribution >= 0.6 is 0 Å². The topological polar surface area (TPSA) is 3.01 Å². The first-order valence-corrected chi connectivity index (χ1v) is 6.69. The molecule has 0 aromatic heterocycles. The lowest BCUT2D eigenvalue weighted by Gasteiger charge is -2.12. The van der Waals surface area contributed by atoms with Crippen molar-refractivity contribution in [3.05, 3.63) is 12.7 Å². The van der Waals surface area contributed by atoms with E-state index in [9.17, 15) is 0 Å². The molecule has 0 bridgehead atoms. The van der Waals surface area contributed by atoms with Gasteiger partial charge in [-0.05, 0) is 12.8 Å². The average Bonchev–Trinajstić information content (AvgIpc) is 2.14. The highest BCUT2D eigenvalue weighted by Crippen LogP contribution is 2.07. The molecule has 0 saturated carbocycles. The van der Waals surface area contributed by atoms with Gasteiger partial charge in [-0.1, -0.05) is 40.7 Å². The minimum Gasteiger partial charge on any atom is -1.00 e. The quantitative estimate of drug-likeness (QED) is 0.357. The van der Waals surface area contributed by atoms with E-state index in [0.717, 1.165) is 18.3 Å². The van der Waals surface area contributed by atoms with E-state index in [1.807, 2.05) is 6.08 Å². The van der Waals surface area contributed by atoms with Gasteiger partial charge in [0.1, 0.15) is 19.3 Å². The van der Waals surface area contributed by atoms with E-state index in [-0.39, 0.29) is 17.0 Å². The molecule has 0 spiro atoms. The molecule has 0 aliphatic rings. The zero-order valence-electron chi connectivity index (χ0n) is 12.2. The third-order valence-electron chi connectivity index (χ3n) is 2.61. The van der Waals surface area contributed by atoms with Crippen molar-refractivity contribution in [1.82, 2.24) is 0 Å². The molecule has 102 valence electrons. The average molecular weight is 304 g/mol. The normalized spacial score (nSPS) is 12.2. The van der Waals surface area contributed by atoms with Gasteiger partial charge in [0.15, 0.2) is 0 Å². The van der Waals surface area contributed by atoms with Crippen molar-refractivity contribution in [3.63, 3.8) is 0 Å². The summed E-state index contributed by atoms with van der Waals surface area (Å²) in [5.74, 6) is 2.13. The van der Waals surface area contributed by atoms with Gasteiger partial charge in [0.2, 0.25) is 0 Å². The molecule has 0 saturated heterocycles. The van der Waals surface area contributed by atoms with Gasteiger partial charge in [-0.2, -0.15) is 0 Å². The Labute approximate surface area is 119 Å². The van der Waals surface area contributed by atoms with Crippen LogP contribution in [0.4, 0.5) is 0 Å². The number of hydrogen-bond acceptors (Lipinski definition) is 0.